The predicted molar refractivity (Wildman–Crippen MR) is 58.3 cm³/mol. The fraction of sp³-hybridized carbons (Fsp3) is 0.818. The van der Waals surface area contributed by atoms with Crippen LogP contribution in [0.2, 0.25) is 0 Å². The van der Waals surface area contributed by atoms with Crippen molar-refractivity contribution in [3.8, 4) is 0 Å². The van der Waals surface area contributed by atoms with E-state index in [1.54, 1.807) is 27.1 Å². The van der Waals surface area contributed by atoms with E-state index in [2.05, 4.69) is 5.32 Å². The quantitative estimate of drug-likeness (QED) is 0.627. The van der Waals surface area contributed by atoms with Gasteiger partial charge in [0.1, 0.15) is 5.60 Å². The van der Waals surface area contributed by atoms with Crippen LogP contribution in [0, 0.1) is 5.92 Å². The van der Waals surface area contributed by atoms with Crippen LogP contribution in [0.4, 0.5) is 4.79 Å². The van der Waals surface area contributed by atoms with Gasteiger partial charge in [-0.25, -0.2) is 11.1 Å². The molecule has 16 heavy (non-hydrogen) atoms. The molecule has 0 aliphatic heterocycles. The second kappa shape index (κ2) is 7.69. The number of ether oxygens (including phenoxy) is 1. The van der Waals surface area contributed by atoms with Crippen molar-refractivity contribution >= 4 is 12.4 Å². The molecular weight excluding hydrogens is 249 g/mol. The van der Waals surface area contributed by atoms with E-state index < -0.39 is 17.7 Å². The van der Waals surface area contributed by atoms with Crippen LogP contribution in [0.15, 0.2) is 0 Å². The minimum atomic E-state index is -0.583. The average molecular weight is 269 g/mol. The molecule has 1 amide bonds. The van der Waals surface area contributed by atoms with Gasteiger partial charge in [-0.3, -0.25) is 0 Å². The van der Waals surface area contributed by atoms with Gasteiger partial charge in [-0.1, -0.05) is 26.3 Å². The van der Waals surface area contributed by atoms with Crippen LogP contribution in [-0.4, -0.2) is 24.0 Å². The molecule has 5 heteroatoms. The summed E-state index contributed by atoms with van der Waals surface area (Å²) in [7, 11) is 0. The number of hydrogen-bond donors (Lipinski definition) is 1. The second-order valence-corrected chi connectivity index (χ2v) is 4.95. The van der Waals surface area contributed by atoms with Crippen molar-refractivity contribution in [1.29, 1.82) is 0 Å². The molecule has 0 aromatic heterocycles. The maximum atomic E-state index is 11.3. The number of alkyl carbamates (subject to hydrolysis) is 1. The first kappa shape index (κ1) is 17.8. The Balaban J connectivity index is 0. The van der Waals surface area contributed by atoms with Gasteiger partial charge < -0.3 is 14.8 Å². The van der Waals surface area contributed by atoms with Crippen molar-refractivity contribution in [2.24, 2.45) is 5.92 Å². The average Bonchev–Trinajstić information content (AvgIpc) is 1.98. The number of rotatable bonds is 4. The van der Waals surface area contributed by atoms with Crippen LogP contribution < -0.4 is 5.32 Å². The summed E-state index contributed by atoms with van der Waals surface area (Å²) in [5, 5.41) is 2.47. The summed E-state index contributed by atoms with van der Waals surface area (Å²) in [5.74, 6) is 0.325. The largest absolute Gasteiger partial charge is 0.540 e. The topological polar surface area (TPSA) is 55.4 Å². The van der Waals surface area contributed by atoms with Crippen molar-refractivity contribution in [2.75, 3.05) is 0 Å². The van der Waals surface area contributed by atoms with Crippen molar-refractivity contribution < 1.29 is 31.4 Å². The fourth-order valence-corrected chi connectivity index (χ4v) is 1.06. The zero-order valence-electron chi connectivity index (χ0n) is 10.5. The molecule has 0 spiro atoms. The normalized spacial score (nSPS) is 12.6. The molecule has 1 radical (unpaired) electrons. The molecule has 95 valence electrons. The Morgan fingerprint density at radius 1 is 1.38 bits per heavy atom. The van der Waals surface area contributed by atoms with Gasteiger partial charge in [-0.05, 0) is 26.7 Å². The Labute approximate surface area is 108 Å². The summed E-state index contributed by atoms with van der Waals surface area (Å²) in [6.07, 6.45) is 1.79. The molecule has 0 bridgehead atoms. The van der Waals surface area contributed by atoms with Crippen molar-refractivity contribution in [3.05, 3.63) is 0 Å². The summed E-state index contributed by atoms with van der Waals surface area (Å²) in [4.78, 5) is 21.8. The number of carbonyl (C=O) groups is 1. The van der Waals surface area contributed by atoms with E-state index in [-0.39, 0.29) is 17.1 Å². The van der Waals surface area contributed by atoms with Gasteiger partial charge in [0.05, 0.1) is 0 Å². The Morgan fingerprint density at radius 2 is 1.88 bits per heavy atom. The minimum absolute atomic E-state index is 0. The molecule has 0 aliphatic carbocycles. The SMILES string of the molecule is CC(C)C[C@@H]([C-]=O)NC(=O)OC(C)(C)C.[Mn]. The molecule has 1 atom stereocenters. The first-order valence-corrected chi connectivity index (χ1v) is 5.12. The van der Waals surface area contributed by atoms with Crippen LogP contribution in [0.25, 0.3) is 0 Å². The fourth-order valence-electron chi connectivity index (χ4n) is 1.06. The van der Waals surface area contributed by atoms with Gasteiger partial charge in [0, 0.05) is 17.1 Å². The summed E-state index contributed by atoms with van der Waals surface area (Å²) in [6, 6.07) is -0.583. The molecular formula is C11H20MnNO3-. The molecule has 0 saturated carbocycles. The van der Waals surface area contributed by atoms with Gasteiger partial charge in [0.15, 0.2) is 0 Å². The zero-order valence-corrected chi connectivity index (χ0v) is 11.6. The Hall–Kier alpha value is -0.541. The molecule has 0 unspecified atom stereocenters. The maximum Gasteiger partial charge on any atom is 0.405 e. The van der Waals surface area contributed by atoms with E-state index in [1.165, 1.54) is 0 Å². The molecule has 0 aromatic carbocycles. The molecule has 0 fully saturated rings. The first-order chi connectivity index (χ1) is 6.74. The molecule has 0 aromatic rings. The third kappa shape index (κ3) is 9.99. The Morgan fingerprint density at radius 3 is 2.19 bits per heavy atom. The number of carbonyl (C=O) groups excluding carboxylic acids is 2. The van der Waals surface area contributed by atoms with Crippen LogP contribution in [-0.2, 0) is 26.6 Å². The van der Waals surface area contributed by atoms with Crippen LogP contribution >= 0.6 is 0 Å². The smallest absolute Gasteiger partial charge is 0.405 e. The van der Waals surface area contributed by atoms with Crippen molar-refractivity contribution in [1.82, 2.24) is 5.32 Å². The Bertz CT molecular complexity index is 224. The third-order valence-electron chi connectivity index (χ3n) is 1.54. The minimum Gasteiger partial charge on any atom is -0.540 e. The van der Waals surface area contributed by atoms with Gasteiger partial charge >= 0.3 is 6.09 Å². The number of amides is 1. The molecule has 0 rings (SSSR count). The monoisotopic (exact) mass is 269 g/mol. The van der Waals surface area contributed by atoms with E-state index in [4.69, 9.17) is 4.74 Å². The molecule has 0 aliphatic rings. The Kier molecular flexibility index (Phi) is 8.57. The van der Waals surface area contributed by atoms with Gasteiger partial charge in [-0.15, -0.1) is 0 Å². The summed E-state index contributed by atoms with van der Waals surface area (Å²) in [6.45, 7) is 9.26. The van der Waals surface area contributed by atoms with Crippen molar-refractivity contribution in [3.63, 3.8) is 0 Å². The molecule has 0 heterocycles. The van der Waals surface area contributed by atoms with Crippen molar-refractivity contribution in [2.45, 2.75) is 52.7 Å². The zero-order chi connectivity index (χ0) is 12.1. The van der Waals surface area contributed by atoms with Gasteiger partial charge in [-0.2, -0.15) is 0 Å². The van der Waals surface area contributed by atoms with Crippen LogP contribution in [0.3, 0.4) is 0 Å². The predicted octanol–water partition coefficient (Wildman–Crippen LogP) is 2.03. The van der Waals surface area contributed by atoms with E-state index in [0.29, 0.717) is 12.3 Å². The van der Waals surface area contributed by atoms with Crippen LogP contribution in [0.1, 0.15) is 41.0 Å². The molecule has 1 N–H and O–H groups in total. The van der Waals surface area contributed by atoms with E-state index >= 15 is 0 Å². The first-order valence-electron chi connectivity index (χ1n) is 5.12. The summed E-state index contributed by atoms with van der Waals surface area (Å²) < 4.78 is 5.02. The standard InChI is InChI=1S/C11H20NO3.Mn/c1-8(2)6-9(7-13)12-10(14)15-11(3,4)5;/h8-9H,6H2,1-5H3,(H,12,14);/q-1;/t9-;/m0./s1. The van der Waals surface area contributed by atoms with E-state index in [0.717, 1.165) is 0 Å². The molecule has 0 saturated heterocycles. The van der Waals surface area contributed by atoms with Gasteiger partial charge in [0.2, 0.25) is 0 Å². The summed E-state index contributed by atoms with van der Waals surface area (Å²) in [5.41, 5.74) is -0.546. The molecule has 4 nitrogen and oxygen atoms in total. The number of hydrogen-bond acceptors (Lipinski definition) is 3. The van der Waals surface area contributed by atoms with Crippen LogP contribution in [0.5, 0.6) is 0 Å². The van der Waals surface area contributed by atoms with E-state index in [9.17, 15) is 9.59 Å². The third-order valence-corrected chi connectivity index (χ3v) is 1.54. The maximum absolute atomic E-state index is 11.3. The summed E-state index contributed by atoms with van der Waals surface area (Å²) >= 11 is 0. The second-order valence-electron chi connectivity index (χ2n) is 4.95. The number of nitrogens with one attached hydrogen (secondary N) is 1. The van der Waals surface area contributed by atoms with E-state index in [1.807, 2.05) is 13.8 Å². The van der Waals surface area contributed by atoms with Gasteiger partial charge in [0.25, 0.3) is 0 Å².